The van der Waals surface area contributed by atoms with Gasteiger partial charge in [-0.1, -0.05) is 64.7 Å². The van der Waals surface area contributed by atoms with Gasteiger partial charge in [-0.2, -0.15) is 0 Å². The standard InChI is InChI=1S/C6H12.C5H10.CH3.Fe.W/c1-6-4-2-3-5-6;1-2-4-5-3-1;;;/h6H,2-5H2,1H3;1-5H2;1H3;;/q;;-1;;. The van der Waals surface area contributed by atoms with Gasteiger partial charge in [-0.05, 0) is 5.92 Å². The Morgan fingerprint density at radius 1 is 0.714 bits per heavy atom. The molecule has 0 atom stereocenters. The molecule has 0 aromatic rings. The molecule has 2 fully saturated rings. The van der Waals surface area contributed by atoms with Crippen LogP contribution in [0.1, 0.15) is 64.7 Å². The van der Waals surface area contributed by atoms with Gasteiger partial charge < -0.3 is 7.43 Å². The molecule has 88 valence electrons. The third-order valence-corrected chi connectivity index (χ3v) is 2.89. The molecule has 14 heavy (non-hydrogen) atoms. The molecule has 2 aliphatic carbocycles. The summed E-state index contributed by atoms with van der Waals surface area (Å²) < 4.78 is 0. The fourth-order valence-corrected chi connectivity index (χ4v) is 2.01. The van der Waals surface area contributed by atoms with Crippen molar-refractivity contribution in [1.82, 2.24) is 0 Å². The second-order valence-corrected chi connectivity index (χ2v) is 4.16. The minimum Gasteiger partial charge on any atom is -0.358 e. The first-order chi connectivity index (χ1) is 5.39. The van der Waals surface area contributed by atoms with Crippen LogP contribution in [-0.4, -0.2) is 0 Å². The van der Waals surface area contributed by atoms with E-state index in [2.05, 4.69) is 6.92 Å². The maximum Gasteiger partial charge on any atom is 0 e. The van der Waals surface area contributed by atoms with E-state index in [1.54, 1.807) is 0 Å². The van der Waals surface area contributed by atoms with Gasteiger partial charge in [-0.25, -0.2) is 0 Å². The summed E-state index contributed by atoms with van der Waals surface area (Å²) in [6, 6.07) is 0. The van der Waals surface area contributed by atoms with E-state index in [1.165, 1.54) is 57.8 Å². The molecule has 0 heterocycles. The molecular formula is C12H25FeW-. The van der Waals surface area contributed by atoms with Crippen molar-refractivity contribution in [3.05, 3.63) is 7.43 Å². The van der Waals surface area contributed by atoms with Crippen LogP contribution < -0.4 is 0 Å². The fourth-order valence-electron chi connectivity index (χ4n) is 2.01. The fraction of sp³-hybridized carbons (Fsp3) is 0.917. The number of hydrogen-bond acceptors (Lipinski definition) is 0. The van der Waals surface area contributed by atoms with Gasteiger partial charge in [0.15, 0.2) is 0 Å². The topological polar surface area (TPSA) is 0 Å². The largest absolute Gasteiger partial charge is 0.358 e. The molecular weight excluding hydrogens is 384 g/mol. The average molecular weight is 409 g/mol. The van der Waals surface area contributed by atoms with Crippen molar-refractivity contribution >= 4 is 0 Å². The van der Waals surface area contributed by atoms with E-state index in [-0.39, 0.29) is 45.6 Å². The Morgan fingerprint density at radius 2 is 1.00 bits per heavy atom. The van der Waals surface area contributed by atoms with E-state index in [4.69, 9.17) is 0 Å². The molecule has 0 spiro atoms. The van der Waals surface area contributed by atoms with Gasteiger partial charge in [0.25, 0.3) is 0 Å². The first-order valence-corrected chi connectivity index (χ1v) is 5.39. The first-order valence-electron chi connectivity index (χ1n) is 5.39. The van der Waals surface area contributed by atoms with Gasteiger partial charge in [-0.3, -0.25) is 0 Å². The summed E-state index contributed by atoms with van der Waals surface area (Å²) in [5.74, 6) is 1.05. The van der Waals surface area contributed by atoms with Crippen LogP contribution in [-0.2, 0) is 38.1 Å². The minimum atomic E-state index is 0. The van der Waals surface area contributed by atoms with Gasteiger partial charge in [0, 0.05) is 38.1 Å². The zero-order chi connectivity index (χ0) is 7.94. The van der Waals surface area contributed by atoms with Crippen molar-refractivity contribution in [2.75, 3.05) is 0 Å². The predicted molar refractivity (Wildman–Crippen MR) is 57.1 cm³/mol. The van der Waals surface area contributed by atoms with Gasteiger partial charge in [0.2, 0.25) is 0 Å². The molecule has 2 aliphatic rings. The molecule has 0 aromatic carbocycles. The van der Waals surface area contributed by atoms with Crippen molar-refractivity contribution in [2.24, 2.45) is 5.92 Å². The molecule has 0 saturated heterocycles. The summed E-state index contributed by atoms with van der Waals surface area (Å²) in [5, 5.41) is 0. The van der Waals surface area contributed by atoms with E-state index in [0.29, 0.717) is 0 Å². The summed E-state index contributed by atoms with van der Waals surface area (Å²) in [5.41, 5.74) is 0. The Kier molecular flexibility index (Phi) is 20.9. The maximum atomic E-state index is 2.34. The van der Waals surface area contributed by atoms with Crippen LogP contribution >= 0.6 is 0 Å². The Hall–Kier alpha value is 1.21. The molecule has 2 saturated carbocycles. The van der Waals surface area contributed by atoms with Crippen molar-refractivity contribution in [1.29, 1.82) is 0 Å². The van der Waals surface area contributed by atoms with Crippen LogP contribution in [0.5, 0.6) is 0 Å². The first kappa shape index (κ1) is 20.6. The summed E-state index contributed by atoms with van der Waals surface area (Å²) in [6.45, 7) is 2.34. The molecule has 2 rings (SSSR count). The number of hydrogen-bond donors (Lipinski definition) is 0. The Morgan fingerprint density at radius 3 is 1.14 bits per heavy atom. The van der Waals surface area contributed by atoms with Gasteiger partial charge in [0.05, 0.1) is 0 Å². The summed E-state index contributed by atoms with van der Waals surface area (Å²) in [4.78, 5) is 0. The molecule has 0 radical (unpaired) electrons. The van der Waals surface area contributed by atoms with E-state index in [1.807, 2.05) is 0 Å². The van der Waals surface area contributed by atoms with E-state index >= 15 is 0 Å². The van der Waals surface area contributed by atoms with Crippen molar-refractivity contribution in [3.8, 4) is 0 Å². The molecule has 0 aliphatic heterocycles. The average Bonchev–Trinajstić information content (AvgIpc) is 2.57. The van der Waals surface area contributed by atoms with Crippen molar-refractivity contribution in [3.63, 3.8) is 0 Å². The monoisotopic (exact) mass is 409 g/mol. The maximum absolute atomic E-state index is 2.34. The number of rotatable bonds is 0. The summed E-state index contributed by atoms with van der Waals surface area (Å²) >= 11 is 0. The smallest absolute Gasteiger partial charge is 0 e. The van der Waals surface area contributed by atoms with Crippen LogP contribution in [0.2, 0.25) is 0 Å². The normalized spacial score (nSPS) is 19.5. The molecule has 0 amide bonds. The van der Waals surface area contributed by atoms with Gasteiger partial charge in [-0.15, -0.1) is 0 Å². The quantitative estimate of drug-likeness (QED) is 0.406. The minimum absolute atomic E-state index is 0. The van der Waals surface area contributed by atoms with Crippen LogP contribution in [0, 0.1) is 13.3 Å². The second-order valence-electron chi connectivity index (χ2n) is 4.16. The second kappa shape index (κ2) is 14.2. The van der Waals surface area contributed by atoms with Gasteiger partial charge >= 0.3 is 0 Å². The summed E-state index contributed by atoms with van der Waals surface area (Å²) in [7, 11) is 0. The molecule has 0 aromatic heterocycles. The Bertz CT molecular complexity index is 78.7. The SMILES string of the molecule is C1CCCC1.CC1CCCC1.[CH3-].[Fe].[W]. The molecule has 0 bridgehead atoms. The van der Waals surface area contributed by atoms with E-state index < -0.39 is 0 Å². The summed E-state index contributed by atoms with van der Waals surface area (Å²) in [6.07, 6.45) is 13.4. The predicted octanol–water partition coefficient (Wildman–Crippen LogP) is 4.59. The van der Waals surface area contributed by atoms with Crippen LogP contribution in [0.15, 0.2) is 0 Å². The van der Waals surface area contributed by atoms with Crippen molar-refractivity contribution in [2.45, 2.75) is 64.7 Å². The zero-order valence-corrected chi connectivity index (χ0v) is 13.7. The molecule has 0 N–H and O–H groups in total. The van der Waals surface area contributed by atoms with Gasteiger partial charge in [0.1, 0.15) is 0 Å². The van der Waals surface area contributed by atoms with E-state index in [0.717, 1.165) is 5.92 Å². The molecule has 2 heteroatoms. The van der Waals surface area contributed by atoms with Crippen LogP contribution in [0.3, 0.4) is 0 Å². The third kappa shape index (κ3) is 11.3. The molecule has 0 unspecified atom stereocenters. The van der Waals surface area contributed by atoms with Crippen LogP contribution in [0.4, 0.5) is 0 Å². The van der Waals surface area contributed by atoms with E-state index in [9.17, 15) is 0 Å². The Labute approximate surface area is 116 Å². The Balaban J connectivity index is -0.000000144. The van der Waals surface area contributed by atoms with Crippen LogP contribution in [0.25, 0.3) is 0 Å². The molecule has 0 nitrogen and oxygen atoms in total. The van der Waals surface area contributed by atoms with Crippen molar-refractivity contribution < 1.29 is 38.1 Å². The zero-order valence-electron chi connectivity index (χ0n) is 9.70. The third-order valence-electron chi connectivity index (χ3n) is 2.89.